The lowest BCUT2D eigenvalue weighted by molar-refractivity contribution is 0.00320. The van der Waals surface area contributed by atoms with Crippen LogP contribution in [0.1, 0.15) is 5.69 Å². The molecule has 4 heterocycles. The maximum absolute atomic E-state index is 11.1. The smallest absolute Gasteiger partial charge is 0.326 e. The molecule has 11 heteroatoms. The van der Waals surface area contributed by atoms with Crippen LogP contribution in [-0.4, -0.2) is 94.5 Å². The predicted molar refractivity (Wildman–Crippen MR) is 142 cm³/mol. The molecule has 0 saturated carbocycles. The highest BCUT2D eigenvalue weighted by atomic mass is 32.2. The highest BCUT2D eigenvalue weighted by Gasteiger charge is 2.33. The fourth-order valence-electron chi connectivity index (χ4n) is 4.22. The van der Waals surface area contributed by atoms with Gasteiger partial charge in [-0.1, -0.05) is 17.8 Å². The molecule has 3 N–H and O–H groups in total. The molecule has 1 saturated heterocycles. The number of nitrogens with one attached hydrogen (secondary N) is 1. The van der Waals surface area contributed by atoms with Gasteiger partial charge < -0.3 is 19.6 Å². The number of likely N-dealkylation sites (tertiary alicyclic amines) is 1. The second-order valence-electron chi connectivity index (χ2n) is 8.62. The van der Waals surface area contributed by atoms with E-state index in [-0.39, 0.29) is 6.10 Å². The maximum Gasteiger partial charge on any atom is 0.326 e. The van der Waals surface area contributed by atoms with Crippen molar-refractivity contribution in [3.63, 3.8) is 0 Å². The third-order valence-electron chi connectivity index (χ3n) is 6.01. The standard InChI is InChI=1S/C24H30N5O4S2/c1-28(35(31)22-5-3-4-6-25-22)21-11-18(33-8-7-32-2)9-16-10-20(27-23(16)21)24-26-12-19(34-24)15-29-13-17(30)14-29/h3-6,9-11,17,19,27,30-31H,7-8,12-15H2,1-2H3/q+1. The van der Waals surface area contributed by atoms with E-state index < -0.39 is 11.4 Å². The van der Waals surface area contributed by atoms with E-state index in [1.807, 2.05) is 41.7 Å². The summed E-state index contributed by atoms with van der Waals surface area (Å²) >= 11 is 0.530. The predicted octanol–water partition coefficient (Wildman–Crippen LogP) is 2.63. The summed E-state index contributed by atoms with van der Waals surface area (Å²) in [4.78, 5) is 14.9. The Balaban J connectivity index is 1.41. The number of aliphatic hydroxyl groups is 1. The van der Waals surface area contributed by atoms with Crippen molar-refractivity contribution in [1.82, 2.24) is 14.9 Å². The normalized spacial score (nSPS) is 19.5. The Kier molecular flexibility index (Phi) is 7.51. The number of thioether (sulfide) groups is 1. The number of fused-ring (bicyclic) bond motifs is 1. The van der Waals surface area contributed by atoms with Crippen molar-refractivity contribution >= 4 is 44.8 Å². The Labute approximate surface area is 211 Å². The number of hydrogen-bond acceptors (Lipinski definition) is 9. The van der Waals surface area contributed by atoms with Gasteiger partial charge in [0.25, 0.3) is 0 Å². The first-order valence-electron chi connectivity index (χ1n) is 11.5. The molecule has 3 aromatic rings. The Hall–Kier alpha value is -2.28. The van der Waals surface area contributed by atoms with E-state index in [0.29, 0.717) is 29.2 Å². The van der Waals surface area contributed by atoms with Gasteiger partial charge in [0.1, 0.15) is 23.1 Å². The van der Waals surface area contributed by atoms with Crippen molar-refractivity contribution in [3.8, 4) is 5.75 Å². The van der Waals surface area contributed by atoms with Gasteiger partial charge >= 0.3 is 16.4 Å². The number of hydrogen-bond donors (Lipinski definition) is 3. The number of aliphatic hydroxyl groups excluding tert-OH is 1. The van der Waals surface area contributed by atoms with Crippen molar-refractivity contribution in [2.75, 3.05) is 57.9 Å². The molecule has 186 valence electrons. The van der Waals surface area contributed by atoms with Gasteiger partial charge in [-0.25, -0.2) is 4.98 Å². The monoisotopic (exact) mass is 516 g/mol. The molecule has 1 aromatic carbocycles. The van der Waals surface area contributed by atoms with Gasteiger partial charge in [0.2, 0.25) is 0 Å². The zero-order valence-corrected chi connectivity index (χ0v) is 21.4. The number of rotatable bonds is 10. The van der Waals surface area contributed by atoms with Crippen LogP contribution in [0.3, 0.4) is 0 Å². The summed E-state index contributed by atoms with van der Waals surface area (Å²) in [5.74, 6) is 0.704. The highest BCUT2D eigenvalue weighted by molar-refractivity contribution is 8.15. The van der Waals surface area contributed by atoms with Gasteiger partial charge in [-0.2, -0.15) is 8.86 Å². The first-order valence-corrected chi connectivity index (χ1v) is 13.5. The summed E-state index contributed by atoms with van der Waals surface area (Å²) in [6, 6.07) is 11.5. The lowest BCUT2D eigenvalue weighted by Crippen LogP contribution is -2.52. The molecule has 0 spiro atoms. The quantitative estimate of drug-likeness (QED) is 0.279. The summed E-state index contributed by atoms with van der Waals surface area (Å²) < 4.78 is 23.9. The molecule has 2 unspecified atom stereocenters. The summed E-state index contributed by atoms with van der Waals surface area (Å²) in [6.07, 6.45) is 1.49. The first kappa shape index (κ1) is 24.4. The zero-order chi connectivity index (χ0) is 24.4. The van der Waals surface area contributed by atoms with Gasteiger partial charge in [0, 0.05) is 55.7 Å². The van der Waals surface area contributed by atoms with Gasteiger partial charge in [-0.3, -0.25) is 9.89 Å². The molecular weight excluding hydrogens is 486 g/mol. The Morgan fingerprint density at radius 1 is 1.26 bits per heavy atom. The zero-order valence-electron chi connectivity index (χ0n) is 19.8. The Morgan fingerprint density at radius 3 is 2.86 bits per heavy atom. The lowest BCUT2D eigenvalue weighted by atomic mass is 10.1. The van der Waals surface area contributed by atoms with Crippen molar-refractivity contribution in [1.29, 1.82) is 0 Å². The summed E-state index contributed by atoms with van der Waals surface area (Å²) in [6.45, 7) is 4.11. The van der Waals surface area contributed by atoms with Crippen LogP contribution < -0.4 is 9.04 Å². The molecule has 0 radical (unpaired) electrons. The number of aliphatic imine (C=N–C) groups is 1. The molecule has 2 aliphatic rings. The van der Waals surface area contributed by atoms with E-state index in [9.17, 15) is 9.66 Å². The number of aromatic amines is 1. The number of anilines is 1. The second-order valence-corrected chi connectivity index (χ2v) is 11.4. The molecular formula is C24H30N5O4S2+. The van der Waals surface area contributed by atoms with Crippen LogP contribution in [0.5, 0.6) is 5.75 Å². The number of benzene rings is 1. The summed E-state index contributed by atoms with van der Waals surface area (Å²) in [5.41, 5.74) is 2.67. The van der Waals surface area contributed by atoms with Crippen LogP contribution in [0.15, 0.2) is 52.6 Å². The molecule has 5 rings (SSSR count). The molecule has 2 aliphatic heterocycles. The largest absolute Gasteiger partial charge is 0.491 e. The minimum atomic E-state index is -1.24. The second kappa shape index (κ2) is 10.8. The molecule has 2 atom stereocenters. The lowest BCUT2D eigenvalue weighted by Gasteiger charge is -2.37. The molecule has 2 aromatic heterocycles. The third-order valence-corrected chi connectivity index (χ3v) is 8.54. The molecule has 9 nitrogen and oxygen atoms in total. The van der Waals surface area contributed by atoms with E-state index in [1.54, 1.807) is 25.1 Å². The number of nitrogens with zero attached hydrogens (tertiary/aromatic N) is 4. The highest BCUT2D eigenvalue weighted by Crippen LogP contribution is 2.36. The SMILES string of the molecule is COCCOc1cc(N(C)[S+](O)c2ccccn2)c2[nH]c(C3=NCC(CN4CC(O)C4)S3)cc2c1. The van der Waals surface area contributed by atoms with Gasteiger partial charge in [0.15, 0.2) is 0 Å². The first-order chi connectivity index (χ1) is 17.0. The van der Waals surface area contributed by atoms with Crippen molar-refractivity contribution in [2.24, 2.45) is 4.99 Å². The minimum absolute atomic E-state index is 0.187. The van der Waals surface area contributed by atoms with E-state index in [4.69, 9.17) is 14.5 Å². The van der Waals surface area contributed by atoms with Crippen LogP contribution in [0.25, 0.3) is 10.9 Å². The maximum atomic E-state index is 11.1. The van der Waals surface area contributed by atoms with Crippen LogP contribution in [0.2, 0.25) is 0 Å². The molecule has 1 fully saturated rings. The number of β-amino-alcohol motifs (C(OH)–C–C–N with tert-alkyl or cyclic N) is 1. The number of ether oxygens (including phenoxy) is 2. The summed E-state index contributed by atoms with van der Waals surface area (Å²) in [7, 11) is 3.50. The van der Waals surface area contributed by atoms with Crippen LogP contribution in [0.4, 0.5) is 5.69 Å². The fraction of sp³-hybridized carbons (Fsp3) is 0.417. The minimum Gasteiger partial charge on any atom is -0.491 e. The van der Waals surface area contributed by atoms with Crippen molar-refractivity contribution < 1.29 is 19.1 Å². The number of methoxy groups -OCH3 is 1. The molecule has 35 heavy (non-hydrogen) atoms. The Morgan fingerprint density at radius 2 is 2.11 bits per heavy atom. The van der Waals surface area contributed by atoms with E-state index >= 15 is 0 Å². The third kappa shape index (κ3) is 5.45. The average Bonchev–Trinajstić information content (AvgIpc) is 3.49. The molecule has 0 bridgehead atoms. The topological polar surface area (TPSA) is 106 Å². The van der Waals surface area contributed by atoms with Crippen LogP contribution >= 0.6 is 11.8 Å². The molecule has 0 aliphatic carbocycles. The van der Waals surface area contributed by atoms with Crippen molar-refractivity contribution in [3.05, 3.63) is 48.3 Å². The van der Waals surface area contributed by atoms with Gasteiger partial charge in [-0.05, 0) is 18.2 Å². The van der Waals surface area contributed by atoms with Gasteiger partial charge in [-0.15, -0.1) is 0 Å². The number of H-pyrrole nitrogens is 1. The van der Waals surface area contributed by atoms with E-state index in [1.165, 1.54) is 0 Å². The van der Waals surface area contributed by atoms with E-state index in [0.717, 1.165) is 53.5 Å². The van der Waals surface area contributed by atoms with Crippen molar-refractivity contribution in [2.45, 2.75) is 16.4 Å². The number of pyridine rings is 1. The summed E-state index contributed by atoms with van der Waals surface area (Å²) in [5, 5.41) is 12.5. The average molecular weight is 517 g/mol. The van der Waals surface area contributed by atoms with Crippen LogP contribution in [0, 0.1) is 0 Å². The number of aromatic nitrogens is 2. The fourth-order valence-corrected chi connectivity index (χ4v) is 6.32. The van der Waals surface area contributed by atoms with E-state index in [2.05, 4.69) is 20.9 Å². The Bertz CT molecular complexity index is 1190. The molecule has 0 amide bonds. The van der Waals surface area contributed by atoms with Crippen LogP contribution in [-0.2, 0) is 16.1 Å². The van der Waals surface area contributed by atoms with Gasteiger partial charge in [0.05, 0.1) is 37.5 Å².